The molecule has 0 bridgehead atoms. The molecule has 2 N–H and O–H groups in total. The lowest BCUT2D eigenvalue weighted by atomic mass is 9.81. The standard InChI is InChI=1S/C14H23Cl3N2O4/c1-5-9-7(3)8(4)10(19-13(20)21-6-2)11(22-9)23-12(18)14(15,16)17/h7-11,18H,5-6H2,1-4H3,(H,19,20). The number of amides is 1. The Kier molecular flexibility index (Phi) is 7.71. The molecule has 1 amide bonds. The normalized spacial score (nSPS) is 31.3. The monoisotopic (exact) mass is 388 g/mol. The van der Waals surface area contributed by atoms with Gasteiger partial charge in [0, 0.05) is 0 Å². The van der Waals surface area contributed by atoms with Crippen molar-refractivity contribution in [1.29, 1.82) is 5.41 Å². The van der Waals surface area contributed by atoms with E-state index in [1.807, 2.05) is 20.8 Å². The Hall–Kier alpha value is -0.430. The summed E-state index contributed by atoms with van der Waals surface area (Å²) in [6, 6.07) is -0.528. The largest absolute Gasteiger partial charge is 0.450 e. The molecule has 1 fully saturated rings. The molecule has 0 aromatic carbocycles. The average Bonchev–Trinajstić information content (AvgIpc) is 2.45. The Bertz CT molecular complexity index is 431. The maximum Gasteiger partial charge on any atom is 0.407 e. The first-order valence-electron chi connectivity index (χ1n) is 7.52. The van der Waals surface area contributed by atoms with Crippen LogP contribution in [0.2, 0.25) is 0 Å². The van der Waals surface area contributed by atoms with Gasteiger partial charge >= 0.3 is 6.09 Å². The number of ether oxygens (including phenoxy) is 3. The lowest BCUT2D eigenvalue weighted by molar-refractivity contribution is -0.204. The van der Waals surface area contributed by atoms with Crippen molar-refractivity contribution in [3.8, 4) is 0 Å². The second-order valence-electron chi connectivity index (χ2n) is 5.50. The molecule has 5 unspecified atom stereocenters. The van der Waals surface area contributed by atoms with Crippen LogP contribution < -0.4 is 5.32 Å². The van der Waals surface area contributed by atoms with Gasteiger partial charge in [-0.25, -0.2) is 4.79 Å². The number of carbonyl (C=O) groups is 1. The molecule has 134 valence electrons. The maximum absolute atomic E-state index is 11.8. The van der Waals surface area contributed by atoms with E-state index >= 15 is 0 Å². The summed E-state index contributed by atoms with van der Waals surface area (Å²) in [6.07, 6.45) is -0.834. The summed E-state index contributed by atoms with van der Waals surface area (Å²) in [5.74, 6) is -0.361. The predicted octanol–water partition coefficient (Wildman–Crippen LogP) is 3.87. The summed E-state index contributed by atoms with van der Waals surface area (Å²) in [5, 5.41) is 10.4. The number of alkyl carbamates (subject to hydrolysis) is 1. The van der Waals surface area contributed by atoms with Crippen LogP contribution in [0.3, 0.4) is 0 Å². The highest BCUT2D eigenvalue weighted by atomic mass is 35.6. The summed E-state index contributed by atoms with van der Waals surface area (Å²) in [7, 11) is 0. The molecule has 1 aliphatic heterocycles. The maximum atomic E-state index is 11.8. The second-order valence-corrected chi connectivity index (χ2v) is 7.79. The van der Waals surface area contributed by atoms with Crippen molar-refractivity contribution in [3.05, 3.63) is 0 Å². The second kappa shape index (κ2) is 8.60. The summed E-state index contributed by atoms with van der Waals surface area (Å²) in [5.41, 5.74) is 0. The van der Waals surface area contributed by atoms with Gasteiger partial charge in [-0.1, -0.05) is 55.6 Å². The van der Waals surface area contributed by atoms with E-state index in [9.17, 15) is 4.79 Å². The molecular formula is C14H23Cl3N2O4. The van der Waals surface area contributed by atoms with Crippen molar-refractivity contribution in [1.82, 2.24) is 5.32 Å². The number of rotatable bonds is 4. The fourth-order valence-electron chi connectivity index (χ4n) is 2.55. The molecule has 1 rings (SSSR count). The summed E-state index contributed by atoms with van der Waals surface area (Å²) in [4.78, 5) is 11.8. The summed E-state index contributed by atoms with van der Waals surface area (Å²) >= 11 is 17.0. The topological polar surface area (TPSA) is 80.6 Å². The van der Waals surface area contributed by atoms with Crippen molar-refractivity contribution in [2.75, 3.05) is 6.61 Å². The van der Waals surface area contributed by atoms with E-state index in [0.717, 1.165) is 6.42 Å². The van der Waals surface area contributed by atoms with Gasteiger partial charge in [0.15, 0.2) is 0 Å². The SMILES string of the molecule is CCOC(=O)NC1C(OC(=N)C(Cl)(Cl)Cl)OC(CC)C(C)C1C. The summed E-state index contributed by atoms with van der Waals surface area (Å²) in [6.45, 7) is 7.96. The fourth-order valence-corrected chi connectivity index (χ4v) is 2.69. The lowest BCUT2D eigenvalue weighted by Gasteiger charge is -2.44. The average molecular weight is 390 g/mol. The van der Waals surface area contributed by atoms with Gasteiger partial charge in [0.25, 0.3) is 3.79 Å². The Labute approximate surface area is 151 Å². The van der Waals surface area contributed by atoms with Crippen molar-refractivity contribution in [2.24, 2.45) is 11.8 Å². The van der Waals surface area contributed by atoms with E-state index in [1.54, 1.807) is 6.92 Å². The minimum absolute atomic E-state index is 0.0197. The molecule has 1 aliphatic rings. The number of hydrogen-bond donors (Lipinski definition) is 2. The third kappa shape index (κ3) is 5.55. The number of nitrogens with one attached hydrogen (secondary N) is 2. The summed E-state index contributed by atoms with van der Waals surface area (Å²) < 4.78 is 14.2. The van der Waals surface area contributed by atoms with Crippen molar-refractivity contribution < 1.29 is 19.0 Å². The van der Waals surface area contributed by atoms with Gasteiger partial charge in [0.2, 0.25) is 12.2 Å². The van der Waals surface area contributed by atoms with Gasteiger partial charge < -0.3 is 19.5 Å². The molecule has 0 aromatic rings. The fraction of sp³-hybridized carbons (Fsp3) is 0.857. The zero-order chi connectivity index (χ0) is 17.8. The highest BCUT2D eigenvalue weighted by Crippen LogP contribution is 2.35. The van der Waals surface area contributed by atoms with Crippen LogP contribution in [0.4, 0.5) is 4.79 Å². The highest BCUT2D eigenvalue weighted by Gasteiger charge is 2.45. The minimum atomic E-state index is -1.99. The van der Waals surface area contributed by atoms with E-state index in [4.69, 9.17) is 54.4 Å². The van der Waals surface area contributed by atoms with Crippen LogP contribution in [0, 0.1) is 17.2 Å². The number of carbonyl (C=O) groups excluding carboxylic acids is 1. The Morgan fingerprint density at radius 2 is 1.87 bits per heavy atom. The van der Waals surface area contributed by atoms with Gasteiger partial charge in [0.05, 0.1) is 18.8 Å². The Morgan fingerprint density at radius 1 is 1.26 bits per heavy atom. The number of alkyl halides is 3. The quantitative estimate of drug-likeness (QED) is 0.434. The van der Waals surface area contributed by atoms with Crippen LogP contribution in [0.15, 0.2) is 0 Å². The van der Waals surface area contributed by atoms with E-state index in [1.165, 1.54) is 0 Å². The molecule has 0 aliphatic carbocycles. The van der Waals surface area contributed by atoms with Crippen molar-refractivity contribution in [2.45, 2.75) is 56.3 Å². The van der Waals surface area contributed by atoms with Crippen LogP contribution in [-0.2, 0) is 14.2 Å². The zero-order valence-electron chi connectivity index (χ0n) is 13.6. The van der Waals surface area contributed by atoms with E-state index in [0.29, 0.717) is 0 Å². The predicted molar refractivity (Wildman–Crippen MR) is 90.3 cm³/mol. The minimum Gasteiger partial charge on any atom is -0.450 e. The molecule has 1 saturated heterocycles. The molecule has 9 heteroatoms. The third-order valence-corrected chi connectivity index (χ3v) is 4.55. The molecule has 6 nitrogen and oxygen atoms in total. The van der Waals surface area contributed by atoms with Gasteiger partial charge in [-0.2, -0.15) is 0 Å². The molecule has 0 saturated carbocycles. The van der Waals surface area contributed by atoms with Crippen LogP contribution in [0.25, 0.3) is 0 Å². The Morgan fingerprint density at radius 3 is 2.35 bits per heavy atom. The van der Waals surface area contributed by atoms with Crippen LogP contribution in [0.5, 0.6) is 0 Å². The van der Waals surface area contributed by atoms with E-state index in [-0.39, 0.29) is 24.5 Å². The van der Waals surface area contributed by atoms with Crippen molar-refractivity contribution in [3.63, 3.8) is 0 Å². The van der Waals surface area contributed by atoms with Gasteiger partial charge in [0.1, 0.15) is 0 Å². The molecule has 23 heavy (non-hydrogen) atoms. The van der Waals surface area contributed by atoms with Crippen LogP contribution in [-0.4, -0.2) is 40.8 Å². The lowest BCUT2D eigenvalue weighted by Crippen LogP contribution is -2.58. The first-order chi connectivity index (χ1) is 10.6. The zero-order valence-corrected chi connectivity index (χ0v) is 15.8. The van der Waals surface area contributed by atoms with Gasteiger partial charge in [-0.15, -0.1) is 0 Å². The number of halogens is 3. The van der Waals surface area contributed by atoms with Gasteiger partial charge in [-0.3, -0.25) is 5.41 Å². The molecule has 1 heterocycles. The molecule has 0 aromatic heterocycles. The highest BCUT2D eigenvalue weighted by molar-refractivity contribution is 6.76. The van der Waals surface area contributed by atoms with Crippen LogP contribution >= 0.6 is 34.8 Å². The molecule has 0 radical (unpaired) electrons. The molecule has 0 spiro atoms. The Balaban J connectivity index is 2.93. The van der Waals surface area contributed by atoms with Gasteiger partial charge in [-0.05, 0) is 25.2 Å². The first kappa shape index (κ1) is 20.6. The molecule has 5 atom stereocenters. The third-order valence-electron chi connectivity index (χ3n) is 4.04. The van der Waals surface area contributed by atoms with Crippen LogP contribution in [0.1, 0.15) is 34.1 Å². The van der Waals surface area contributed by atoms with Crippen molar-refractivity contribution >= 4 is 46.8 Å². The van der Waals surface area contributed by atoms with E-state index < -0.39 is 28.1 Å². The van der Waals surface area contributed by atoms with E-state index in [2.05, 4.69) is 5.32 Å². The smallest absolute Gasteiger partial charge is 0.407 e. The molecular weight excluding hydrogens is 367 g/mol. The first-order valence-corrected chi connectivity index (χ1v) is 8.66. The number of hydrogen-bond acceptors (Lipinski definition) is 5.